The molecule has 140 valence electrons. The average molecular weight is 355 g/mol. The van der Waals surface area contributed by atoms with E-state index < -0.39 is 6.10 Å². The largest absolute Gasteiger partial charge is 0.493 e. The van der Waals surface area contributed by atoms with Crippen LogP contribution in [0.4, 0.5) is 0 Å². The third-order valence-electron chi connectivity index (χ3n) is 4.23. The van der Waals surface area contributed by atoms with E-state index in [2.05, 4.69) is 31.3 Å². The van der Waals surface area contributed by atoms with Crippen LogP contribution in [0.1, 0.15) is 45.2 Å². The summed E-state index contributed by atoms with van der Waals surface area (Å²) in [5.74, 6) is 1.57. The van der Waals surface area contributed by atoms with Crippen LogP contribution in [0.2, 0.25) is 0 Å². The van der Waals surface area contributed by atoms with Gasteiger partial charge in [0.15, 0.2) is 17.6 Å². The van der Waals surface area contributed by atoms with E-state index in [9.17, 15) is 4.79 Å². The van der Waals surface area contributed by atoms with Gasteiger partial charge in [-0.25, -0.2) is 0 Å². The summed E-state index contributed by atoms with van der Waals surface area (Å²) in [5.41, 5.74) is 1.11. The highest BCUT2D eigenvalue weighted by Gasteiger charge is 2.24. The van der Waals surface area contributed by atoms with Gasteiger partial charge in [0, 0.05) is 0 Å². The normalized spacial score (nSPS) is 13.1. The van der Waals surface area contributed by atoms with Crippen LogP contribution >= 0.6 is 0 Å². The molecule has 2 rings (SSSR count). The number of amides is 1. The van der Waals surface area contributed by atoms with Gasteiger partial charge in [-0.15, -0.1) is 0 Å². The zero-order valence-corrected chi connectivity index (χ0v) is 16.1. The van der Waals surface area contributed by atoms with E-state index in [0.717, 1.165) is 12.0 Å². The molecule has 0 fully saturated rings. The fourth-order valence-corrected chi connectivity index (χ4v) is 2.89. The van der Waals surface area contributed by atoms with Crippen molar-refractivity contribution in [1.82, 2.24) is 5.32 Å². The molecule has 2 unspecified atom stereocenters. The van der Waals surface area contributed by atoms with E-state index in [-0.39, 0.29) is 11.9 Å². The van der Waals surface area contributed by atoms with Crippen molar-refractivity contribution in [3.63, 3.8) is 0 Å². The third kappa shape index (κ3) is 5.51. The highest BCUT2D eigenvalue weighted by molar-refractivity contribution is 5.81. The van der Waals surface area contributed by atoms with Crippen LogP contribution in [0.25, 0.3) is 0 Å². The minimum atomic E-state index is -0.565. The quantitative estimate of drug-likeness (QED) is 0.706. The fraction of sp³-hybridized carbons (Fsp3) is 0.409. The van der Waals surface area contributed by atoms with Crippen molar-refractivity contribution < 1.29 is 14.3 Å². The molecule has 0 aliphatic rings. The maximum Gasteiger partial charge on any atom is 0.261 e. The molecule has 4 heteroatoms. The second kappa shape index (κ2) is 9.85. The number of para-hydroxylation sites is 2. The number of methoxy groups -OCH3 is 1. The average Bonchev–Trinajstić information content (AvgIpc) is 2.66. The van der Waals surface area contributed by atoms with Crippen LogP contribution in [-0.2, 0) is 4.79 Å². The zero-order chi connectivity index (χ0) is 18.9. The molecule has 26 heavy (non-hydrogen) atoms. The van der Waals surface area contributed by atoms with E-state index in [1.807, 2.05) is 49.4 Å². The first-order valence-electron chi connectivity index (χ1n) is 9.20. The molecule has 0 heterocycles. The summed E-state index contributed by atoms with van der Waals surface area (Å²) >= 11 is 0. The van der Waals surface area contributed by atoms with E-state index >= 15 is 0 Å². The minimum absolute atomic E-state index is 0.0287. The van der Waals surface area contributed by atoms with E-state index in [0.29, 0.717) is 23.8 Å². The molecule has 0 aliphatic carbocycles. The Morgan fingerprint density at radius 3 is 2.19 bits per heavy atom. The molecule has 0 aliphatic heterocycles. The Bertz CT molecular complexity index is 685. The standard InChI is InChI=1S/C22H29NO3/c1-5-19(26-21-14-10-9-13-20(21)25-4)22(24)23-18(15-16(2)3)17-11-7-6-8-12-17/h6-14,16,18-19H,5,15H2,1-4H3,(H,23,24). The lowest BCUT2D eigenvalue weighted by Crippen LogP contribution is -2.40. The van der Waals surface area contributed by atoms with Crippen LogP contribution < -0.4 is 14.8 Å². The van der Waals surface area contributed by atoms with Crippen LogP contribution in [0, 0.1) is 5.92 Å². The van der Waals surface area contributed by atoms with E-state index in [1.165, 1.54) is 0 Å². The second-order valence-electron chi connectivity index (χ2n) is 6.77. The van der Waals surface area contributed by atoms with Gasteiger partial charge in [0.2, 0.25) is 0 Å². The SMILES string of the molecule is CCC(Oc1ccccc1OC)C(=O)NC(CC(C)C)c1ccccc1. The van der Waals surface area contributed by atoms with Gasteiger partial charge in [0.25, 0.3) is 5.91 Å². The van der Waals surface area contributed by atoms with Crippen molar-refractivity contribution in [2.24, 2.45) is 5.92 Å². The number of ether oxygens (including phenoxy) is 2. The predicted octanol–water partition coefficient (Wildman–Crippen LogP) is 4.76. The highest BCUT2D eigenvalue weighted by atomic mass is 16.5. The lowest BCUT2D eigenvalue weighted by atomic mass is 9.96. The summed E-state index contributed by atoms with van der Waals surface area (Å²) in [7, 11) is 1.59. The van der Waals surface area contributed by atoms with Crippen molar-refractivity contribution in [1.29, 1.82) is 0 Å². The summed E-state index contributed by atoms with van der Waals surface area (Å²) < 4.78 is 11.3. The first-order chi connectivity index (χ1) is 12.5. The number of hydrogen-bond donors (Lipinski definition) is 1. The fourth-order valence-electron chi connectivity index (χ4n) is 2.89. The van der Waals surface area contributed by atoms with Gasteiger partial charge >= 0.3 is 0 Å². The number of benzene rings is 2. The molecule has 2 aromatic rings. The molecule has 0 aromatic heterocycles. The molecule has 0 saturated heterocycles. The third-order valence-corrected chi connectivity index (χ3v) is 4.23. The Morgan fingerprint density at radius 2 is 1.62 bits per heavy atom. The summed E-state index contributed by atoms with van der Waals surface area (Å²) in [5, 5.41) is 3.17. The van der Waals surface area contributed by atoms with Gasteiger partial charge in [-0.05, 0) is 36.5 Å². The number of hydrogen-bond acceptors (Lipinski definition) is 3. The minimum Gasteiger partial charge on any atom is -0.493 e. The van der Waals surface area contributed by atoms with Gasteiger partial charge in [-0.2, -0.15) is 0 Å². The zero-order valence-electron chi connectivity index (χ0n) is 16.1. The van der Waals surface area contributed by atoms with Crippen molar-refractivity contribution in [2.45, 2.75) is 45.8 Å². The van der Waals surface area contributed by atoms with Crippen LogP contribution in [0.5, 0.6) is 11.5 Å². The summed E-state index contributed by atoms with van der Waals surface area (Å²) in [4.78, 5) is 12.9. The van der Waals surface area contributed by atoms with Gasteiger partial charge < -0.3 is 14.8 Å². The molecule has 2 atom stereocenters. The van der Waals surface area contributed by atoms with E-state index in [4.69, 9.17) is 9.47 Å². The van der Waals surface area contributed by atoms with Gasteiger partial charge in [0.1, 0.15) is 0 Å². The Morgan fingerprint density at radius 1 is 1.00 bits per heavy atom. The molecule has 0 bridgehead atoms. The molecule has 2 aromatic carbocycles. The predicted molar refractivity (Wildman–Crippen MR) is 104 cm³/mol. The molecule has 1 amide bonds. The van der Waals surface area contributed by atoms with Crippen molar-refractivity contribution in [3.8, 4) is 11.5 Å². The molecular weight excluding hydrogens is 326 g/mol. The summed E-state index contributed by atoms with van der Waals surface area (Å²) in [6, 6.07) is 17.4. The smallest absolute Gasteiger partial charge is 0.261 e. The Kier molecular flexibility index (Phi) is 7.52. The van der Waals surface area contributed by atoms with Crippen molar-refractivity contribution >= 4 is 5.91 Å². The molecule has 1 N–H and O–H groups in total. The number of carbonyl (C=O) groups excluding carboxylic acids is 1. The second-order valence-corrected chi connectivity index (χ2v) is 6.77. The number of carbonyl (C=O) groups is 1. The highest BCUT2D eigenvalue weighted by Crippen LogP contribution is 2.28. The lowest BCUT2D eigenvalue weighted by Gasteiger charge is -2.25. The molecule has 0 spiro atoms. The molecule has 0 radical (unpaired) electrons. The number of rotatable bonds is 9. The van der Waals surface area contributed by atoms with Gasteiger partial charge in [0.05, 0.1) is 13.2 Å². The number of nitrogens with one attached hydrogen (secondary N) is 1. The lowest BCUT2D eigenvalue weighted by molar-refractivity contribution is -0.129. The van der Waals surface area contributed by atoms with Crippen LogP contribution in [-0.4, -0.2) is 19.1 Å². The summed E-state index contributed by atoms with van der Waals surface area (Å²) in [6.45, 7) is 6.26. The monoisotopic (exact) mass is 355 g/mol. The van der Waals surface area contributed by atoms with Crippen LogP contribution in [0.15, 0.2) is 54.6 Å². The van der Waals surface area contributed by atoms with Crippen molar-refractivity contribution in [2.75, 3.05) is 7.11 Å². The first-order valence-corrected chi connectivity index (χ1v) is 9.20. The molecule has 0 saturated carbocycles. The van der Waals surface area contributed by atoms with Crippen LogP contribution in [0.3, 0.4) is 0 Å². The Balaban J connectivity index is 2.12. The molecule has 4 nitrogen and oxygen atoms in total. The first kappa shape index (κ1) is 19.8. The maximum absolute atomic E-state index is 12.9. The Hall–Kier alpha value is -2.49. The summed E-state index contributed by atoms with van der Waals surface area (Å²) in [6.07, 6.45) is 0.887. The molecular formula is C22H29NO3. The topological polar surface area (TPSA) is 47.6 Å². The van der Waals surface area contributed by atoms with Gasteiger partial charge in [-0.1, -0.05) is 63.2 Å². The maximum atomic E-state index is 12.9. The van der Waals surface area contributed by atoms with E-state index in [1.54, 1.807) is 7.11 Å². The Labute approximate surface area is 156 Å². The van der Waals surface area contributed by atoms with Crippen molar-refractivity contribution in [3.05, 3.63) is 60.2 Å². The van der Waals surface area contributed by atoms with Gasteiger partial charge in [-0.3, -0.25) is 4.79 Å².